The van der Waals surface area contributed by atoms with Gasteiger partial charge < -0.3 is 15.0 Å². The van der Waals surface area contributed by atoms with Crippen LogP contribution in [-0.2, 0) is 22.6 Å². The first-order valence-electron chi connectivity index (χ1n) is 11.2. The molecule has 174 valence electrons. The molecule has 0 saturated carbocycles. The molecule has 0 spiro atoms. The van der Waals surface area contributed by atoms with E-state index in [1.165, 1.54) is 4.90 Å². The molecule has 7 heteroatoms. The van der Waals surface area contributed by atoms with Gasteiger partial charge in [0.1, 0.15) is 11.8 Å². The molecule has 1 atom stereocenters. The SMILES string of the molecule is CCc1ccc(NC(=O)C[C@@H]2C(=O)N(c3ccccc3)C(=O)N2Cc2cccc(OC)c2)cc1. The Labute approximate surface area is 198 Å². The highest BCUT2D eigenvalue weighted by Gasteiger charge is 2.46. The van der Waals surface area contributed by atoms with Crippen LogP contribution in [0.25, 0.3) is 0 Å². The number of ether oxygens (including phenoxy) is 1. The molecule has 1 saturated heterocycles. The normalized spacial score (nSPS) is 15.5. The second-order valence-corrected chi connectivity index (χ2v) is 8.09. The topological polar surface area (TPSA) is 79.0 Å². The molecular formula is C27H27N3O4. The third-order valence-electron chi connectivity index (χ3n) is 5.84. The van der Waals surface area contributed by atoms with Crippen molar-refractivity contribution in [1.82, 2.24) is 4.90 Å². The highest BCUT2D eigenvalue weighted by molar-refractivity contribution is 6.22. The van der Waals surface area contributed by atoms with Gasteiger partial charge in [0.2, 0.25) is 5.91 Å². The lowest BCUT2D eigenvalue weighted by Gasteiger charge is -2.22. The van der Waals surface area contributed by atoms with Gasteiger partial charge in [-0.3, -0.25) is 9.59 Å². The Morgan fingerprint density at radius 3 is 2.35 bits per heavy atom. The lowest BCUT2D eigenvalue weighted by Crippen LogP contribution is -2.37. The molecule has 0 aliphatic carbocycles. The Morgan fingerprint density at radius 2 is 1.68 bits per heavy atom. The maximum absolute atomic E-state index is 13.4. The number of nitrogens with one attached hydrogen (secondary N) is 1. The quantitative estimate of drug-likeness (QED) is 0.501. The number of amides is 4. The molecule has 0 radical (unpaired) electrons. The predicted molar refractivity (Wildman–Crippen MR) is 131 cm³/mol. The molecule has 4 rings (SSSR count). The van der Waals surface area contributed by atoms with E-state index in [1.807, 2.05) is 54.6 Å². The van der Waals surface area contributed by atoms with Crippen LogP contribution in [0.4, 0.5) is 16.2 Å². The van der Waals surface area contributed by atoms with E-state index in [0.717, 1.165) is 22.4 Å². The summed E-state index contributed by atoms with van der Waals surface area (Å²) in [6.07, 6.45) is 0.759. The van der Waals surface area contributed by atoms with Gasteiger partial charge in [-0.25, -0.2) is 9.69 Å². The van der Waals surface area contributed by atoms with Crippen molar-refractivity contribution in [2.24, 2.45) is 0 Å². The van der Waals surface area contributed by atoms with Crippen LogP contribution in [0.2, 0.25) is 0 Å². The van der Waals surface area contributed by atoms with E-state index in [0.29, 0.717) is 17.1 Å². The number of para-hydroxylation sites is 1. The molecule has 0 unspecified atom stereocenters. The van der Waals surface area contributed by atoms with E-state index in [-0.39, 0.29) is 18.9 Å². The fourth-order valence-corrected chi connectivity index (χ4v) is 4.01. The van der Waals surface area contributed by atoms with E-state index in [1.54, 1.807) is 31.4 Å². The summed E-state index contributed by atoms with van der Waals surface area (Å²) in [7, 11) is 1.57. The van der Waals surface area contributed by atoms with Gasteiger partial charge in [-0.2, -0.15) is 0 Å². The fraction of sp³-hybridized carbons (Fsp3) is 0.222. The van der Waals surface area contributed by atoms with E-state index < -0.39 is 18.0 Å². The number of imide groups is 1. The van der Waals surface area contributed by atoms with E-state index in [9.17, 15) is 14.4 Å². The van der Waals surface area contributed by atoms with Crippen molar-refractivity contribution >= 4 is 29.2 Å². The van der Waals surface area contributed by atoms with Gasteiger partial charge in [-0.05, 0) is 53.9 Å². The Morgan fingerprint density at radius 1 is 0.941 bits per heavy atom. The van der Waals surface area contributed by atoms with Crippen molar-refractivity contribution in [2.75, 3.05) is 17.3 Å². The molecular weight excluding hydrogens is 430 g/mol. The number of benzene rings is 3. The molecule has 3 aromatic carbocycles. The third-order valence-corrected chi connectivity index (χ3v) is 5.84. The number of urea groups is 1. The summed E-state index contributed by atoms with van der Waals surface area (Å²) in [5, 5.41) is 2.85. The summed E-state index contributed by atoms with van der Waals surface area (Å²) in [4.78, 5) is 42.2. The summed E-state index contributed by atoms with van der Waals surface area (Å²) < 4.78 is 5.29. The minimum absolute atomic E-state index is 0.145. The van der Waals surface area contributed by atoms with E-state index in [4.69, 9.17) is 4.74 Å². The Bertz CT molecular complexity index is 1180. The monoisotopic (exact) mass is 457 g/mol. The molecule has 0 aromatic heterocycles. The number of rotatable bonds is 8. The number of hydrogen-bond acceptors (Lipinski definition) is 4. The van der Waals surface area contributed by atoms with Crippen LogP contribution in [0.1, 0.15) is 24.5 Å². The first-order chi connectivity index (χ1) is 16.5. The minimum Gasteiger partial charge on any atom is -0.497 e. The van der Waals surface area contributed by atoms with Gasteiger partial charge in [-0.15, -0.1) is 0 Å². The average molecular weight is 458 g/mol. The van der Waals surface area contributed by atoms with E-state index in [2.05, 4.69) is 12.2 Å². The number of anilines is 2. The summed E-state index contributed by atoms with van der Waals surface area (Å²) in [6, 6.07) is 22.3. The number of aryl methyl sites for hydroxylation is 1. The van der Waals surface area contributed by atoms with Crippen molar-refractivity contribution in [3.05, 3.63) is 90.0 Å². The number of nitrogens with zero attached hydrogens (tertiary/aromatic N) is 2. The second-order valence-electron chi connectivity index (χ2n) is 8.09. The summed E-state index contributed by atoms with van der Waals surface area (Å²) >= 11 is 0. The zero-order valence-electron chi connectivity index (χ0n) is 19.2. The molecule has 1 N–H and O–H groups in total. The summed E-state index contributed by atoms with van der Waals surface area (Å²) in [5.41, 5.74) is 3.10. The lowest BCUT2D eigenvalue weighted by molar-refractivity contribution is -0.124. The van der Waals surface area contributed by atoms with Crippen LogP contribution in [0.5, 0.6) is 5.75 Å². The van der Waals surface area contributed by atoms with Crippen LogP contribution >= 0.6 is 0 Å². The Kier molecular flexibility index (Phi) is 6.92. The molecule has 34 heavy (non-hydrogen) atoms. The standard InChI is InChI=1S/C27H27N3O4/c1-3-19-12-14-21(15-13-19)28-25(31)17-24-26(32)30(22-9-5-4-6-10-22)27(33)29(24)18-20-8-7-11-23(16-20)34-2/h4-16,24H,3,17-18H2,1-2H3,(H,28,31)/t24-/m1/s1. The zero-order chi connectivity index (χ0) is 24.1. The molecule has 3 aromatic rings. The maximum atomic E-state index is 13.4. The van der Waals surface area contributed by atoms with Crippen LogP contribution in [-0.4, -0.2) is 35.9 Å². The van der Waals surface area contributed by atoms with Crippen LogP contribution in [0.15, 0.2) is 78.9 Å². The first-order valence-corrected chi connectivity index (χ1v) is 11.2. The number of methoxy groups -OCH3 is 1. The summed E-state index contributed by atoms with van der Waals surface area (Å²) in [5.74, 6) is -0.100. The Hall–Kier alpha value is -4.13. The molecule has 1 heterocycles. The largest absolute Gasteiger partial charge is 0.497 e. The molecule has 4 amide bonds. The minimum atomic E-state index is -0.922. The van der Waals surface area contributed by atoms with Crippen LogP contribution in [0, 0.1) is 0 Å². The van der Waals surface area contributed by atoms with Crippen molar-refractivity contribution in [3.63, 3.8) is 0 Å². The third kappa shape index (κ3) is 4.93. The van der Waals surface area contributed by atoms with Crippen molar-refractivity contribution in [2.45, 2.75) is 32.4 Å². The smallest absolute Gasteiger partial charge is 0.332 e. The van der Waals surface area contributed by atoms with Crippen molar-refractivity contribution in [1.29, 1.82) is 0 Å². The van der Waals surface area contributed by atoms with Gasteiger partial charge >= 0.3 is 6.03 Å². The Balaban J connectivity index is 1.58. The average Bonchev–Trinajstić information content (AvgIpc) is 3.09. The number of carbonyl (C=O) groups is 3. The highest BCUT2D eigenvalue weighted by atomic mass is 16.5. The van der Waals surface area contributed by atoms with Crippen LogP contribution in [0.3, 0.4) is 0 Å². The van der Waals surface area contributed by atoms with Gasteiger partial charge in [-0.1, -0.05) is 49.4 Å². The molecule has 0 bridgehead atoms. The second kappa shape index (κ2) is 10.2. The molecule has 1 aliphatic rings. The van der Waals surface area contributed by atoms with Crippen molar-refractivity contribution in [3.8, 4) is 5.75 Å². The summed E-state index contributed by atoms with van der Waals surface area (Å²) in [6.45, 7) is 2.24. The van der Waals surface area contributed by atoms with Gasteiger partial charge in [0.25, 0.3) is 5.91 Å². The number of hydrogen-bond donors (Lipinski definition) is 1. The maximum Gasteiger partial charge on any atom is 0.332 e. The zero-order valence-corrected chi connectivity index (χ0v) is 19.2. The lowest BCUT2D eigenvalue weighted by atomic mass is 10.1. The van der Waals surface area contributed by atoms with Gasteiger partial charge in [0, 0.05) is 12.2 Å². The number of carbonyl (C=O) groups excluding carboxylic acids is 3. The first kappa shape index (κ1) is 23.0. The van der Waals surface area contributed by atoms with E-state index >= 15 is 0 Å². The van der Waals surface area contributed by atoms with Crippen molar-refractivity contribution < 1.29 is 19.1 Å². The molecule has 1 fully saturated rings. The molecule has 7 nitrogen and oxygen atoms in total. The molecule has 1 aliphatic heterocycles. The van der Waals surface area contributed by atoms with Gasteiger partial charge in [0.15, 0.2) is 0 Å². The highest BCUT2D eigenvalue weighted by Crippen LogP contribution is 2.29. The van der Waals surface area contributed by atoms with Gasteiger partial charge in [0.05, 0.1) is 19.2 Å². The van der Waals surface area contributed by atoms with Crippen LogP contribution < -0.4 is 15.0 Å². The fourth-order valence-electron chi connectivity index (χ4n) is 4.01. The predicted octanol–water partition coefficient (Wildman–Crippen LogP) is 4.62.